The van der Waals surface area contributed by atoms with E-state index in [0.29, 0.717) is 12.1 Å². The van der Waals surface area contributed by atoms with E-state index in [4.69, 9.17) is 0 Å². The Bertz CT molecular complexity index is 366. The maximum Gasteiger partial charge on any atom is 0.255 e. The number of anilines is 1. The molecule has 0 saturated carbocycles. The molecule has 1 aromatic carbocycles. The van der Waals surface area contributed by atoms with Gasteiger partial charge in [0, 0.05) is 20.6 Å². The number of benzene rings is 1. The van der Waals surface area contributed by atoms with Crippen molar-refractivity contribution in [2.75, 3.05) is 26.0 Å². The molecule has 0 heterocycles. The molecule has 0 aliphatic carbocycles. The molecule has 0 spiro atoms. The first-order valence-corrected chi connectivity index (χ1v) is 4.83. The molecule has 1 amide bonds. The lowest BCUT2D eigenvalue weighted by Crippen LogP contribution is -2.27. The molecular formula is C11H15FN2O. The maximum absolute atomic E-state index is 13.3. The minimum Gasteiger partial charge on any atom is -0.385 e. The van der Waals surface area contributed by atoms with Gasteiger partial charge in [-0.3, -0.25) is 4.79 Å². The number of nitrogens with one attached hydrogen (secondary N) is 1. The number of carbonyl (C=O) groups excluding carboxylic acids is 1. The van der Waals surface area contributed by atoms with Gasteiger partial charge in [-0.15, -0.1) is 0 Å². The van der Waals surface area contributed by atoms with Crippen molar-refractivity contribution in [1.82, 2.24) is 4.90 Å². The average molecular weight is 210 g/mol. The summed E-state index contributed by atoms with van der Waals surface area (Å²) in [5, 5.41) is 2.70. The Labute approximate surface area is 88.9 Å². The topological polar surface area (TPSA) is 32.3 Å². The van der Waals surface area contributed by atoms with Crippen molar-refractivity contribution >= 4 is 11.6 Å². The number of hydrogen-bond acceptors (Lipinski definition) is 2. The molecule has 0 unspecified atom stereocenters. The number of para-hydroxylation sites is 1. The Morgan fingerprint density at radius 3 is 2.73 bits per heavy atom. The van der Waals surface area contributed by atoms with Crippen LogP contribution in [0.2, 0.25) is 0 Å². The van der Waals surface area contributed by atoms with Gasteiger partial charge in [0.05, 0.1) is 11.3 Å². The highest BCUT2D eigenvalue weighted by atomic mass is 19.1. The first-order valence-electron chi connectivity index (χ1n) is 4.83. The summed E-state index contributed by atoms with van der Waals surface area (Å²) in [6.45, 7) is 2.47. The van der Waals surface area contributed by atoms with Gasteiger partial charge in [-0.05, 0) is 19.1 Å². The van der Waals surface area contributed by atoms with Gasteiger partial charge in [0.2, 0.25) is 0 Å². The van der Waals surface area contributed by atoms with Crippen LogP contribution in [-0.2, 0) is 0 Å². The summed E-state index contributed by atoms with van der Waals surface area (Å²) in [5.41, 5.74) is 0.615. The fourth-order valence-corrected chi connectivity index (χ4v) is 1.31. The standard InChI is InChI=1S/C11H15FN2O/c1-4-14(3)11(15)8-6-5-7-9(12)10(8)13-2/h5-7,13H,4H2,1-3H3. The lowest BCUT2D eigenvalue weighted by Gasteiger charge is -2.17. The summed E-state index contributed by atoms with van der Waals surface area (Å²) in [7, 11) is 3.29. The smallest absolute Gasteiger partial charge is 0.255 e. The van der Waals surface area contributed by atoms with Crippen LogP contribution in [0.25, 0.3) is 0 Å². The van der Waals surface area contributed by atoms with Gasteiger partial charge in [-0.25, -0.2) is 4.39 Å². The van der Waals surface area contributed by atoms with Gasteiger partial charge in [-0.1, -0.05) is 6.07 Å². The highest BCUT2D eigenvalue weighted by molar-refractivity contribution is 5.99. The molecule has 0 saturated heterocycles. The van der Waals surface area contributed by atoms with Crippen LogP contribution in [0.5, 0.6) is 0 Å². The molecule has 4 heteroatoms. The van der Waals surface area contributed by atoms with E-state index >= 15 is 0 Å². The molecular weight excluding hydrogens is 195 g/mol. The highest BCUT2D eigenvalue weighted by Gasteiger charge is 2.16. The second-order valence-corrected chi connectivity index (χ2v) is 3.23. The fraction of sp³-hybridized carbons (Fsp3) is 0.364. The van der Waals surface area contributed by atoms with Crippen molar-refractivity contribution in [2.45, 2.75) is 6.92 Å². The number of amides is 1. The molecule has 0 aliphatic heterocycles. The molecule has 1 N–H and O–H groups in total. The number of nitrogens with zero attached hydrogens (tertiary/aromatic N) is 1. The van der Waals surface area contributed by atoms with Crippen LogP contribution in [0, 0.1) is 5.82 Å². The summed E-state index contributed by atoms with van der Waals surface area (Å²) in [4.78, 5) is 13.4. The van der Waals surface area contributed by atoms with E-state index in [1.807, 2.05) is 6.92 Å². The summed E-state index contributed by atoms with van der Waals surface area (Å²) in [6.07, 6.45) is 0. The Balaban J connectivity index is 3.13. The minimum atomic E-state index is -0.409. The Morgan fingerprint density at radius 1 is 1.53 bits per heavy atom. The molecule has 0 aliphatic rings. The van der Waals surface area contributed by atoms with Crippen LogP contribution in [-0.4, -0.2) is 31.4 Å². The zero-order valence-electron chi connectivity index (χ0n) is 9.17. The number of rotatable bonds is 3. The lowest BCUT2D eigenvalue weighted by molar-refractivity contribution is 0.0803. The van der Waals surface area contributed by atoms with Crippen LogP contribution in [0.4, 0.5) is 10.1 Å². The second kappa shape index (κ2) is 4.77. The molecule has 15 heavy (non-hydrogen) atoms. The van der Waals surface area contributed by atoms with E-state index in [-0.39, 0.29) is 11.6 Å². The Kier molecular flexibility index (Phi) is 3.66. The van der Waals surface area contributed by atoms with Crippen LogP contribution < -0.4 is 5.32 Å². The number of carbonyl (C=O) groups is 1. The average Bonchev–Trinajstić information content (AvgIpc) is 2.26. The zero-order valence-corrected chi connectivity index (χ0v) is 9.17. The van der Waals surface area contributed by atoms with Gasteiger partial charge >= 0.3 is 0 Å². The van der Waals surface area contributed by atoms with Crippen molar-refractivity contribution < 1.29 is 9.18 Å². The fourth-order valence-electron chi connectivity index (χ4n) is 1.31. The van der Waals surface area contributed by atoms with Gasteiger partial charge in [-0.2, -0.15) is 0 Å². The third kappa shape index (κ3) is 2.26. The van der Waals surface area contributed by atoms with Crippen LogP contribution in [0.3, 0.4) is 0 Å². The molecule has 3 nitrogen and oxygen atoms in total. The van der Waals surface area contributed by atoms with E-state index in [1.54, 1.807) is 20.2 Å². The van der Waals surface area contributed by atoms with Crippen LogP contribution >= 0.6 is 0 Å². The van der Waals surface area contributed by atoms with Crippen molar-refractivity contribution in [3.05, 3.63) is 29.6 Å². The first-order chi connectivity index (χ1) is 7.11. The van der Waals surface area contributed by atoms with E-state index in [9.17, 15) is 9.18 Å². The summed E-state index contributed by atoms with van der Waals surface area (Å²) < 4.78 is 13.3. The van der Waals surface area contributed by atoms with Gasteiger partial charge in [0.25, 0.3) is 5.91 Å². The molecule has 0 aromatic heterocycles. The Hall–Kier alpha value is -1.58. The van der Waals surface area contributed by atoms with E-state index in [0.717, 1.165) is 0 Å². The third-order valence-corrected chi connectivity index (χ3v) is 2.32. The molecule has 0 radical (unpaired) electrons. The minimum absolute atomic E-state index is 0.179. The zero-order chi connectivity index (χ0) is 11.4. The molecule has 0 bridgehead atoms. The number of halogens is 1. The van der Waals surface area contributed by atoms with E-state index in [1.165, 1.54) is 17.0 Å². The van der Waals surface area contributed by atoms with E-state index in [2.05, 4.69) is 5.32 Å². The molecule has 82 valence electrons. The third-order valence-electron chi connectivity index (χ3n) is 2.32. The van der Waals surface area contributed by atoms with Crippen molar-refractivity contribution in [3.63, 3.8) is 0 Å². The van der Waals surface area contributed by atoms with Gasteiger partial charge < -0.3 is 10.2 Å². The molecule has 1 aromatic rings. The van der Waals surface area contributed by atoms with Crippen molar-refractivity contribution in [3.8, 4) is 0 Å². The summed E-state index contributed by atoms with van der Waals surface area (Å²) >= 11 is 0. The Morgan fingerprint density at radius 2 is 2.20 bits per heavy atom. The molecule has 0 atom stereocenters. The van der Waals surface area contributed by atoms with Crippen molar-refractivity contribution in [2.24, 2.45) is 0 Å². The van der Waals surface area contributed by atoms with Gasteiger partial charge in [0.15, 0.2) is 0 Å². The number of hydrogen-bond donors (Lipinski definition) is 1. The SMILES string of the molecule is CCN(C)C(=O)c1cccc(F)c1NC. The summed E-state index contributed by atoms with van der Waals surface area (Å²) in [5.74, 6) is -0.589. The second-order valence-electron chi connectivity index (χ2n) is 3.23. The van der Waals surface area contributed by atoms with Crippen molar-refractivity contribution in [1.29, 1.82) is 0 Å². The monoisotopic (exact) mass is 210 g/mol. The maximum atomic E-state index is 13.3. The van der Waals surface area contributed by atoms with Crippen LogP contribution in [0.15, 0.2) is 18.2 Å². The predicted molar refractivity (Wildman–Crippen MR) is 58.6 cm³/mol. The van der Waals surface area contributed by atoms with Crippen LogP contribution in [0.1, 0.15) is 17.3 Å². The first kappa shape index (κ1) is 11.5. The molecule has 0 fully saturated rings. The molecule has 1 rings (SSSR count). The van der Waals surface area contributed by atoms with E-state index < -0.39 is 5.82 Å². The quantitative estimate of drug-likeness (QED) is 0.827. The normalized spacial score (nSPS) is 9.87. The largest absolute Gasteiger partial charge is 0.385 e. The lowest BCUT2D eigenvalue weighted by atomic mass is 10.1. The predicted octanol–water partition coefficient (Wildman–Crippen LogP) is 1.96. The highest BCUT2D eigenvalue weighted by Crippen LogP contribution is 2.20. The summed E-state index contributed by atoms with van der Waals surface area (Å²) in [6, 6.07) is 4.48. The van der Waals surface area contributed by atoms with Gasteiger partial charge in [0.1, 0.15) is 5.82 Å².